The Morgan fingerprint density at radius 3 is 2.94 bits per heavy atom. The van der Waals surface area contributed by atoms with E-state index in [1.54, 1.807) is 0 Å². The molecular formula is C12H21N5S. The number of aromatic nitrogens is 2. The number of hydrogen-bond donors (Lipinski definition) is 1. The van der Waals surface area contributed by atoms with Crippen molar-refractivity contribution in [1.82, 2.24) is 14.7 Å². The molecule has 0 atom stereocenters. The monoisotopic (exact) mass is 267 g/mol. The number of nitrogens with zero attached hydrogens (tertiary/aromatic N) is 4. The van der Waals surface area contributed by atoms with Crippen molar-refractivity contribution in [3.63, 3.8) is 0 Å². The Morgan fingerprint density at radius 2 is 2.28 bits per heavy atom. The highest BCUT2D eigenvalue weighted by molar-refractivity contribution is 7.99. The van der Waals surface area contributed by atoms with Gasteiger partial charge in [-0.05, 0) is 18.4 Å². The first-order valence-corrected chi connectivity index (χ1v) is 7.51. The number of thioether (sulfide) groups is 1. The molecule has 0 spiro atoms. The predicted octanol–water partition coefficient (Wildman–Crippen LogP) is 0.716. The predicted molar refractivity (Wildman–Crippen MR) is 76.9 cm³/mol. The Labute approximate surface area is 112 Å². The van der Waals surface area contributed by atoms with Gasteiger partial charge in [0.25, 0.3) is 0 Å². The van der Waals surface area contributed by atoms with Crippen LogP contribution < -0.4 is 5.73 Å². The summed E-state index contributed by atoms with van der Waals surface area (Å²) >= 11 is 1.98. The first-order chi connectivity index (χ1) is 8.75. The molecule has 18 heavy (non-hydrogen) atoms. The molecule has 1 aromatic heterocycles. The molecule has 0 radical (unpaired) electrons. The van der Waals surface area contributed by atoms with E-state index in [2.05, 4.69) is 21.2 Å². The van der Waals surface area contributed by atoms with Crippen molar-refractivity contribution in [2.75, 3.05) is 31.1 Å². The van der Waals surface area contributed by atoms with E-state index in [4.69, 9.17) is 5.73 Å². The normalized spacial score (nSPS) is 17.2. The second kappa shape index (κ2) is 6.68. The van der Waals surface area contributed by atoms with Crippen LogP contribution in [-0.4, -0.2) is 51.8 Å². The van der Waals surface area contributed by atoms with E-state index in [0.29, 0.717) is 5.96 Å². The summed E-state index contributed by atoms with van der Waals surface area (Å²) in [5.41, 5.74) is 7.25. The van der Waals surface area contributed by atoms with Gasteiger partial charge in [-0.15, -0.1) is 0 Å². The van der Waals surface area contributed by atoms with Gasteiger partial charge >= 0.3 is 0 Å². The molecule has 1 aromatic rings. The molecule has 0 aliphatic carbocycles. The Balaban J connectivity index is 1.70. The van der Waals surface area contributed by atoms with Crippen LogP contribution in [0.2, 0.25) is 0 Å². The fourth-order valence-electron chi connectivity index (χ4n) is 1.97. The third kappa shape index (κ3) is 3.94. The Kier molecular flexibility index (Phi) is 4.92. The third-order valence-electron chi connectivity index (χ3n) is 2.99. The first kappa shape index (κ1) is 13.3. The van der Waals surface area contributed by atoms with Crippen LogP contribution in [0.3, 0.4) is 0 Å². The van der Waals surface area contributed by atoms with Gasteiger partial charge in [0.2, 0.25) is 0 Å². The quantitative estimate of drug-likeness (QED) is 0.496. The minimum Gasteiger partial charge on any atom is -0.370 e. The van der Waals surface area contributed by atoms with Crippen molar-refractivity contribution in [3.8, 4) is 0 Å². The van der Waals surface area contributed by atoms with Gasteiger partial charge in [-0.2, -0.15) is 16.9 Å². The topological polar surface area (TPSA) is 59.4 Å². The maximum atomic E-state index is 5.98. The molecule has 100 valence electrons. The van der Waals surface area contributed by atoms with Crippen molar-refractivity contribution < 1.29 is 0 Å². The first-order valence-electron chi connectivity index (χ1n) is 6.36. The van der Waals surface area contributed by atoms with Crippen LogP contribution in [0.1, 0.15) is 12.0 Å². The van der Waals surface area contributed by atoms with Gasteiger partial charge in [0, 0.05) is 44.4 Å². The van der Waals surface area contributed by atoms with Crippen LogP contribution in [0.15, 0.2) is 17.4 Å². The highest BCUT2D eigenvalue weighted by atomic mass is 32.2. The molecule has 6 heteroatoms. The molecule has 0 unspecified atom stereocenters. The Morgan fingerprint density at radius 1 is 1.50 bits per heavy atom. The molecule has 0 saturated carbocycles. The van der Waals surface area contributed by atoms with Crippen LogP contribution in [0.5, 0.6) is 0 Å². The molecule has 2 N–H and O–H groups in total. The van der Waals surface area contributed by atoms with Gasteiger partial charge in [-0.25, -0.2) is 0 Å². The van der Waals surface area contributed by atoms with Gasteiger partial charge in [0.05, 0.1) is 6.20 Å². The molecule has 0 amide bonds. The summed E-state index contributed by atoms with van der Waals surface area (Å²) in [5, 5.41) is 4.15. The second-order valence-electron chi connectivity index (χ2n) is 4.47. The maximum absolute atomic E-state index is 5.98. The molecule has 5 nitrogen and oxygen atoms in total. The van der Waals surface area contributed by atoms with Crippen LogP contribution in [0, 0.1) is 0 Å². The fraction of sp³-hybridized carbons (Fsp3) is 0.667. The van der Waals surface area contributed by atoms with Crippen LogP contribution in [0.4, 0.5) is 0 Å². The largest absolute Gasteiger partial charge is 0.370 e. The number of aliphatic imine (C=N–C) groups is 1. The molecule has 1 aliphatic rings. The molecule has 2 heterocycles. The zero-order valence-corrected chi connectivity index (χ0v) is 11.7. The van der Waals surface area contributed by atoms with Gasteiger partial charge in [0.1, 0.15) is 0 Å². The lowest BCUT2D eigenvalue weighted by Crippen LogP contribution is -2.42. The van der Waals surface area contributed by atoms with E-state index in [9.17, 15) is 0 Å². The van der Waals surface area contributed by atoms with Crippen molar-refractivity contribution in [1.29, 1.82) is 0 Å². The minimum absolute atomic E-state index is 0.710. The van der Waals surface area contributed by atoms with Crippen LogP contribution in [0.25, 0.3) is 0 Å². The number of aryl methyl sites for hydroxylation is 2. The van der Waals surface area contributed by atoms with Gasteiger partial charge < -0.3 is 10.6 Å². The van der Waals surface area contributed by atoms with E-state index in [1.807, 2.05) is 29.7 Å². The van der Waals surface area contributed by atoms with E-state index >= 15 is 0 Å². The molecular weight excluding hydrogens is 246 g/mol. The highest BCUT2D eigenvalue weighted by Gasteiger charge is 2.11. The van der Waals surface area contributed by atoms with E-state index in [-0.39, 0.29) is 0 Å². The van der Waals surface area contributed by atoms with Crippen molar-refractivity contribution in [2.45, 2.75) is 12.8 Å². The summed E-state index contributed by atoms with van der Waals surface area (Å²) < 4.78 is 1.83. The van der Waals surface area contributed by atoms with Crippen molar-refractivity contribution in [3.05, 3.63) is 18.0 Å². The van der Waals surface area contributed by atoms with Crippen LogP contribution >= 0.6 is 11.8 Å². The lowest BCUT2D eigenvalue weighted by molar-refractivity contribution is 0.455. The number of nitrogens with two attached hydrogens (primary N) is 1. The average molecular weight is 267 g/mol. The number of guanidine groups is 1. The lowest BCUT2D eigenvalue weighted by atomic mass is 10.2. The van der Waals surface area contributed by atoms with E-state index < -0.39 is 0 Å². The van der Waals surface area contributed by atoms with Crippen molar-refractivity contribution >= 4 is 17.7 Å². The molecule has 1 fully saturated rings. The number of rotatable bonds is 4. The lowest BCUT2D eigenvalue weighted by Gasteiger charge is -2.27. The van der Waals surface area contributed by atoms with E-state index in [0.717, 1.165) is 44.0 Å². The molecule has 0 bridgehead atoms. The number of hydrogen-bond acceptors (Lipinski definition) is 3. The van der Waals surface area contributed by atoms with E-state index in [1.165, 1.54) is 5.56 Å². The molecule has 0 aromatic carbocycles. The average Bonchev–Trinajstić information content (AvgIpc) is 2.81. The van der Waals surface area contributed by atoms with Gasteiger partial charge in [-0.3, -0.25) is 9.67 Å². The van der Waals surface area contributed by atoms with Gasteiger partial charge in [-0.1, -0.05) is 0 Å². The summed E-state index contributed by atoms with van der Waals surface area (Å²) in [6, 6.07) is 0. The molecule has 2 rings (SSSR count). The molecule has 1 aliphatic heterocycles. The highest BCUT2D eigenvalue weighted by Crippen LogP contribution is 2.08. The summed E-state index contributed by atoms with van der Waals surface area (Å²) in [7, 11) is 1.94. The van der Waals surface area contributed by atoms with Gasteiger partial charge in [0.15, 0.2) is 5.96 Å². The zero-order valence-electron chi connectivity index (χ0n) is 10.9. The summed E-state index contributed by atoms with van der Waals surface area (Å²) in [4.78, 5) is 6.63. The Hall–Kier alpha value is -1.17. The SMILES string of the molecule is Cn1cc(CCCN=C(N)N2CCSCC2)cn1. The Bertz CT molecular complexity index is 395. The maximum Gasteiger partial charge on any atom is 0.191 e. The summed E-state index contributed by atoms with van der Waals surface area (Å²) in [6.07, 6.45) is 6.00. The summed E-state index contributed by atoms with van der Waals surface area (Å²) in [6.45, 7) is 2.86. The standard InChI is InChI=1S/C12H21N5S/c1-16-10-11(9-15-16)3-2-4-14-12(13)17-5-7-18-8-6-17/h9-10H,2-8H2,1H3,(H2,13,14). The summed E-state index contributed by atoms with van der Waals surface area (Å²) in [5.74, 6) is 3.03. The third-order valence-corrected chi connectivity index (χ3v) is 3.93. The molecule has 1 saturated heterocycles. The van der Waals surface area contributed by atoms with Crippen molar-refractivity contribution in [2.24, 2.45) is 17.8 Å². The minimum atomic E-state index is 0.710. The second-order valence-corrected chi connectivity index (χ2v) is 5.69. The zero-order chi connectivity index (χ0) is 12.8. The fourth-order valence-corrected chi connectivity index (χ4v) is 2.87. The smallest absolute Gasteiger partial charge is 0.191 e. The van der Waals surface area contributed by atoms with Crippen LogP contribution in [-0.2, 0) is 13.5 Å².